The summed E-state index contributed by atoms with van der Waals surface area (Å²) in [6, 6.07) is 9.40. The van der Waals surface area contributed by atoms with Crippen molar-refractivity contribution in [3.63, 3.8) is 0 Å². The second kappa shape index (κ2) is 7.00. The fourth-order valence-corrected chi connectivity index (χ4v) is 2.45. The van der Waals surface area contributed by atoms with Crippen LogP contribution in [0, 0.1) is 0 Å². The molecule has 1 heterocycles. The van der Waals surface area contributed by atoms with Gasteiger partial charge in [-0.2, -0.15) is 0 Å². The third-order valence-electron chi connectivity index (χ3n) is 3.76. The van der Waals surface area contributed by atoms with E-state index in [-0.39, 0.29) is 0 Å². The Balaban J connectivity index is 1.98. The molecule has 0 aliphatic carbocycles. The van der Waals surface area contributed by atoms with Crippen molar-refractivity contribution in [2.75, 3.05) is 13.2 Å². The molecule has 1 aromatic carbocycles. The minimum atomic E-state index is -1.41. The number of aliphatic hydroxyl groups is 4. The monoisotopic (exact) mass is 294 g/mol. The molecular weight excluding hydrogens is 272 g/mol. The van der Waals surface area contributed by atoms with E-state index in [4.69, 9.17) is 5.11 Å². The number of aliphatic hydroxyl groups excluding tert-OH is 4. The van der Waals surface area contributed by atoms with Crippen molar-refractivity contribution in [3.05, 3.63) is 35.9 Å². The molecule has 1 aliphatic rings. The number of nitrogens with zero attached hydrogens (tertiary/aromatic N) is 2. The van der Waals surface area contributed by atoms with Gasteiger partial charge < -0.3 is 25.3 Å². The van der Waals surface area contributed by atoms with Crippen LogP contribution in [0.15, 0.2) is 35.3 Å². The molecular formula is C15H22N2O4. The lowest BCUT2D eigenvalue weighted by Gasteiger charge is -2.26. The zero-order chi connectivity index (χ0) is 15.4. The van der Waals surface area contributed by atoms with Crippen LogP contribution in [-0.4, -0.2) is 68.7 Å². The maximum Gasteiger partial charge on any atom is 0.110 e. The van der Waals surface area contributed by atoms with Gasteiger partial charge in [-0.05, 0) is 12.5 Å². The molecule has 116 valence electrons. The van der Waals surface area contributed by atoms with Crippen molar-refractivity contribution in [2.24, 2.45) is 4.99 Å². The lowest BCUT2D eigenvalue weighted by molar-refractivity contribution is -0.0829. The average molecular weight is 294 g/mol. The minimum Gasteiger partial charge on any atom is -0.394 e. The van der Waals surface area contributed by atoms with Crippen LogP contribution in [0.25, 0.3) is 0 Å². The largest absolute Gasteiger partial charge is 0.394 e. The number of aliphatic imine (C=N–C) groups is 1. The fourth-order valence-electron chi connectivity index (χ4n) is 2.45. The molecule has 0 saturated heterocycles. The average Bonchev–Trinajstić information content (AvgIpc) is 2.87. The highest BCUT2D eigenvalue weighted by Crippen LogP contribution is 2.18. The molecule has 0 radical (unpaired) electrons. The van der Waals surface area contributed by atoms with Gasteiger partial charge in [0, 0.05) is 13.1 Å². The predicted molar refractivity (Wildman–Crippen MR) is 78.9 cm³/mol. The van der Waals surface area contributed by atoms with Crippen LogP contribution in [0.2, 0.25) is 0 Å². The Labute approximate surface area is 124 Å². The molecule has 0 aromatic heterocycles. The van der Waals surface area contributed by atoms with E-state index >= 15 is 0 Å². The number of hydrogen-bond acceptors (Lipinski definition) is 6. The smallest absolute Gasteiger partial charge is 0.110 e. The molecule has 4 N–H and O–H groups in total. The summed E-state index contributed by atoms with van der Waals surface area (Å²) >= 11 is 0. The van der Waals surface area contributed by atoms with Crippen molar-refractivity contribution in [1.82, 2.24) is 4.90 Å². The van der Waals surface area contributed by atoms with Crippen molar-refractivity contribution in [2.45, 2.75) is 37.8 Å². The summed E-state index contributed by atoms with van der Waals surface area (Å²) in [5.74, 6) is 0.786. The van der Waals surface area contributed by atoms with E-state index in [2.05, 4.69) is 4.99 Å². The van der Waals surface area contributed by atoms with Crippen LogP contribution in [0.4, 0.5) is 0 Å². The molecule has 2 rings (SSSR count). The molecule has 0 spiro atoms. The van der Waals surface area contributed by atoms with Gasteiger partial charge in [0.05, 0.1) is 18.5 Å². The number of rotatable bonds is 6. The molecule has 1 aliphatic heterocycles. The first-order chi connectivity index (χ1) is 10.0. The van der Waals surface area contributed by atoms with Gasteiger partial charge >= 0.3 is 0 Å². The van der Waals surface area contributed by atoms with E-state index in [1.165, 1.54) is 0 Å². The number of amidine groups is 1. The Kier molecular flexibility index (Phi) is 5.30. The summed E-state index contributed by atoms with van der Waals surface area (Å²) in [6.07, 6.45) is -3.98. The lowest BCUT2D eigenvalue weighted by Crippen LogP contribution is -2.46. The van der Waals surface area contributed by atoms with Crippen LogP contribution < -0.4 is 0 Å². The molecule has 0 fully saturated rings. The zero-order valence-electron chi connectivity index (χ0n) is 12.0. The molecule has 4 atom stereocenters. The first-order valence-corrected chi connectivity index (χ1v) is 7.01. The molecule has 6 heteroatoms. The van der Waals surface area contributed by atoms with E-state index in [0.717, 1.165) is 11.4 Å². The Hall–Kier alpha value is -1.47. The van der Waals surface area contributed by atoms with Gasteiger partial charge in [0.25, 0.3) is 0 Å². The molecule has 0 unspecified atom stereocenters. The highest BCUT2D eigenvalue weighted by atomic mass is 16.4. The molecule has 0 saturated carbocycles. The van der Waals surface area contributed by atoms with Gasteiger partial charge in [0.15, 0.2) is 0 Å². The van der Waals surface area contributed by atoms with Gasteiger partial charge in [-0.25, -0.2) is 0 Å². The van der Waals surface area contributed by atoms with E-state index in [1.807, 2.05) is 42.2 Å². The second-order valence-electron chi connectivity index (χ2n) is 5.34. The Bertz CT molecular complexity index is 480. The minimum absolute atomic E-state index is 0.469. The van der Waals surface area contributed by atoms with Crippen molar-refractivity contribution in [3.8, 4) is 0 Å². The first-order valence-electron chi connectivity index (χ1n) is 7.01. The van der Waals surface area contributed by atoms with Gasteiger partial charge in [-0.1, -0.05) is 30.3 Å². The third kappa shape index (κ3) is 3.79. The Morgan fingerprint density at radius 3 is 2.52 bits per heavy atom. The highest BCUT2D eigenvalue weighted by molar-refractivity contribution is 5.81. The SMILES string of the molecule is CC1=N[C@@H]([C@@H](O)[C@H](O)[C@H](O)CO)CN1Cc1ccccc1. The van der Waals surface area contributed by atoms with Crippen molar-refractivity contribution < 1.29 is 20.4 Å². The quantitative estimate of drug-likeness (QED) is 0.560. The summed E-state index contributed by atoms with van der Waals surface area (Å²) in [6.45, 7) is 2.40. The maximum atomic E-state index is 10.1. The predicted octanol–water partition coefficient (Wildman–Crippen LogP) is -0.636. The van der Waals surface area contributed by atoms with Crippen LogP contribution >= 0.6 is 0 Å². The summed E-state index contributed by atoms with van der Waals surface area (Å²) < 4.78 is 0. The van der Waals surface area contributed by atoms with Gasteiger partial charge in [-0.15, -0.1) is 0 Å². The highest BCUT2D eigenvalue weighted by Gasteiger charge is 2.35. The van der Waals surface area contributed by atoms with Gasteiger partial charge in [0.1, 0.15) is 18.3 Å². The molecule has 21 heavy (non-hydrogen) atoms. The molecule has 0 bridgehead atoms. The second-order valence-corrected chi connectivity index (χ2v) is 5.34. The molecule has 1 aromatic rings. The number of benzene rings is 1. The zero-order valence-corrected chi connectivity index (χ0v) is 12.0. The summed E-state index contributed by atoms with van der Waals surface area (Å²) in [5, 5.41) is 38.1. The summed E-state index contributed by atoms with van der Waals surface area (Å²) in [4.78, 5) is 6.36. The van der Waals surface area contributed by atoms with Crippen LogP contribution in [0.5, 0.6) is 0 Å². The van der Waals surface area contributed by atoms with Crippen molar-refractivity contribution >= 4 is 5.84 Å². The van der Waals surface area contributed by atoms with E-state index < -0.39 is 31.0 Å². The molecule has 6 nitrogen and oxygen atoms in total. The maximum absolute atomic E-state index is 10.1. The van der Waals surface area contributed by atoms with E-state index in [9.17, 15) is 15.3 Å². The Morgan fingerprint density at radius 2 is 1.90 bits per heavy atom. The van der Waals surface area contributed by atoms with E-state index in [1.54, 1.807) is 0 Å². The number of hydrogen-bond donors (Lipinski definition) is 4. The lowest BCUT2D eigenvalue weighted by atomic mass is 10.0. The van der Waals surface area contributed by atoms with Crippen LogP contribution in [0.3, 0.4) is 0 Å². The topological polar surface area (TPSA) is 96.5 Å². The van der Waals surface area contributed by atoms with Crippen LogP contribution in [0.1, 0.15) is 12.5 Å². The van der Waals surface area contributed by atoms with Crippen molar-refractivity contribution in [1.29, 1.82) is 0 Å². The standard InChI is InChI=1S/C15H22N2O4/c1-10-16-12(14(20)15(21)13(19)9-18)8-17(10)7-11-5-3-2-4-6-11/h2-6,12-15,18-21H,7-9H2,1H3/t12-,13-,14-,15-/m1/s1. The van der Waals surface area contributed by atoms with Gasteiger partial charge in [-0.3, -0.25) is 4.99 Å². The first kappa shape index (κ1) is 15.9. The third-order valence-corrected chi connectivity index (χ3v) is 3.76. The molecule has 0 amide bonds. The Morgan fingerprint density at radius 1 is 1.24 bits per heavy atom. The van der Waals surface area contributed by atoms with Crippen LogP contribution in [-0.2, 0) is 6.54 Å². The summed E-state index contributed by atoms with van der Waals surface area (Å²) in [7, 11) is 0. The normalized spacial score (nSPS) is 22.8. The van der Waals surface area contributed by atoms with E-state index in [0.29, 0.717) is 13.1 Å². The summed E-state index contributed by atoms with van der Waals surface area (Å²) in [5.41, 5.74) is 1.14. The van der Waals surface area contributed by atoms with Gasteiger partial charge in [0.2, 0.25) is 0 Å². The fraction of sp³-hybridized carbons (Fsp3) is 0.533.